The van der Waals surface area contributed by atoms with Crippen LogP contribution >= 0.6 is 43.5 Å². The van der Waals surface area contributed by atoms with E-state index in [4.69, 9.17) is 16.3 Å². The van der Waals surface area contributed by atoms with Crippen molar-refractivity contribution >= 4 is 73.1 Å². The van der Waals surface area contributed by atoms with Gasteiger partial charge in [0.1, 0.15) is 24.6 Å². The largest absolute Gasteiger partial charge is 0.486 e. The summed E-state index contributed by atoms with van der Waals surface area (Å²) in [7, 11) is 0. The molecule has 1 heterocycles. The predicted molar refractivity (Wildman–Crippen MR) is 146 cm³/mol. The van der Waals surface area contributed by atoms with Gasteiger partial charge in [-0.1, -0.05) is 41.9 Å². The molecule has 0 atom stereocenters. The molecule has 0 radical (unpaired) electrons. The normalized spacial score (nSPS) is 14.2. The third-order valence-corrected chi connectivity index (χ3v) is 6.77. The Balaban J connectivity index is 1.44. The minimum Gasteiger partial charge on any atom is -0.486 e. The maximum Gasteiger partial charge on any atom is 0.329 e. The smallest absolute Gasteiger partial charge is 0.329 e. The number of carbonyl (C=O) groups excluding carboxylic acids is 3. The molecule has 0 unspecified atom stereocenters. The van der Waals surface area contributed by atoms with Crippen LogP contribution in [0.5, 0.6) is 5.75 Å². The molecule has 2 N–H and O–H groups in total. The summed E-state index contributed by atoms with van der Waals surface area (Å²) >= 11 is 13.2. The zero-order chi connectivity index (χ0) is 25.8. The van der Waals surface area contributed by atoms with Gasteiger partial charge in [-0.05, 0) is 86.3 Å². The molecule has 1 aliphatic rings. The van der Waals surface area contributed by atoms with E-state index in [-0.39, 0.29) is 12.3 Å². The molecule has 0 aromatic heterocycles. The summed E-state index contributed by atoms with van der Waals surface area (Å²) in [5.74, 6) is -0.505. The second kappa shape index (κ2) is 11.3. The van der Waals surface area contributed by atoms with Crippen LogP contribution in [0.1, 0.15) is 16.7 Å². The van der Waals surface area contributed by atoms with Crippen molar-refractivity contribution in [2.75, 3.05) is 11.9 Å². The van der Waals surface area contributed by atoms with Gasteiger partial charge in [-0.3, -0.25) is 9.59 Å². The fourth-order valence-electron chi connectivity index (χ4n) is 3.51. The first kappa shape index (κ1) is 25.9. The number of rotatable bonds is 7. The minimum atomic E-state index is -0.663. The number of nitrogens with one attached hydrogen (secondary N) is 2. The molecule has 10 heteroatoms. The molecule has 4 amide bonds. The first-order chi connectivity index (χ1) is 17.2. The number of halogens is 3. The van der Waals surface area contributed by atoms with Gasteiger partial charge in [0, 0.05) is 16.3 Å². The number of amides is 4. The molecule has 1 saturated heterocycles. The van der Waals surface area contributed by atoms with Crippen molar-refractivity contribution in [2.24, 2.45) is 0 Å². The summed E-state index contributed by atoms with van der Waals surface area (Å²) < 4.78 is 7.21. The van der Waals surface area contributed by atoms with E-state index >= 15 is 0 Å². The van der Waals surface area contributed by atoms with Crippen LogP contribution in [-0.2, 0) is 16.2 Å². The monoisotopic (exact) mass is 631 g/mol. The maximum absolute atomic E-state index is 12.8. The van der Waals surface area contributed by atoms with E-state index in [0.717, 1.165) is 16.0 Å². The molecule has 1 aliphatic heterocycles. The lowest BCUT2D eigenvalue weighted by Crippen LogP contribution is -2.38. The first-order valence-electron chi connectivity index (χ1n) is 10.8. The quantitative estimate of drug-likeness (QED) is 0.237. The first-order valence-corrected chi connectivity index (χ1v) is 12.7. The van der Waals surface area contributed by atoms with Crippen LogP contribution in [0.15, 0.2) is 75.3 Å². The third kappa shape index (κ3) is 6.16. The summed E-state index contributed by atoms with van der Waals surface area (Å²) in [6.07, 6.45) is 1.53. The van der Waals surface area contributed by atoms with Gasteiger partial charge in [-0.2, -0.15) is 0 Å². The Kier molecular flexibility index (Phi) is 8.13. The molecule has 0 spiro atoms. The molecular weight excluding hydrogens is 614 g/mol. The Morgan fingerprint density at radius 2 is 1.81 bits per heavy atom. The minimum absolute atomic E-state index is 0.0619. The lowest BCUT2D eigenvalue weighted by atomic mass is 10.2. The van der Waals surface area contributed by atoms with Gasteiger partial charge in [0.15, 0.2) is 0 Å². The number of ether oxygens (including phenoxy) is 1. The number of imide groups is 1. The van der Waals surface area contributed by atoms with Crippen molar-refractivity contribution in [2.45, 2.75) is 13.5 Å². The van der Waals surface area contributed by atoms with Gasteiger partial charge in [0.25, 0.3) is 5.91 Å². The fraction of sp³-hybridized carbons (Fsp3) is 0.115. The molecule has 4 rings (SSSR count). The van der Waals surface area contributed by atoms with Gasteiger partial charge in [-0.15, -0.1) is 0 Å². The molecule has 0 saturated carbocycles. The Bertz CT molecular complexity index is 1370. The van der Waals surface area contributed by atoms with Crippen LogP contribution in [0.4, 0.5) is 10.5 Å². The number of hydrogen-bond acceptors (Lipinski definition) is 4. The van der Waals surface area contributed by atoms with Crippen molar-refractivity contribution in [1.29, 1.82) is 0 Å². The molecule has 36 heavy (non-hydrogen) atoms. The molecule has 3 aromatic carbocycles. The van der Waals surface area contributed by atoms with Gasteiger partial charge in [0.2, 0.25) is 5.91 Å². The highest BCUT2D eigenvalue weighted by Gasteiger charge is 2.35. The maximum atomic E-state index is 12.8. The van der Waals surface area contributed by atoms with Crippen LogP contribution < -0.4 is 15.4 Å². The molecule has 184 valence electrons. The molecule has 0 bridgehead atoms. The topological polar surface area (TPSA) is 87.7 Å². The standard InChI is InChI=1S/C26H20Br2ClN3O4/c1-15-5-4-7-18(9-15)30-23(33)13-32-25(34)22(31-26(32)35)12-16-10-19(27)24(20(28)11-16)36-14-17-6-2-3-8-21(17)29/h2-12H,13-14H2,1H3,(H,30,33)(H,31,35)/b22-12+. The molecule has 3 aromatic rings. The fourth-order valence-corrected chi connectivity index (χ4v) is 5.16. The average molecular weight is 634 g/mol. The van der Waals surface area contributed by atoms with Crippen molar-refractivity contribution < 1.29 is 19.1 Å². The number of anilines is 1. The van der Waals surface area contributed by atoms with E-state index in [1.54, 1.807) is 30.3 Å². The highest BCUT2D eigenvalue weighted by Crippen LogP contribution is 2.36. The van der Waals surface area contributed by atoms with Gasteiger partial charge >= 0.3 is 6.03 Å². The SMILES string of the molecule is Cc1cccc(NC(=O)CN2C(=O)N/C(=C/c3cc(Br)c(OCc4ccccc4Cl)c(Br)c3)C2=O)c1. The zero-order valence-electron chi connectivity index (χ0n) is 19.0. The number of benzene rings is 3. The summed E-state index contributed by atoms with van der Waals surface area (Å²) in [6, 6.07) is 17.5. The third-order valence-electron chi connectivity index (χ3n) is 5.23. The number of hydrogen-bond donors (Lipinski definition) is 2. The molecule has 7 nitrogen and oxygen atoms in total. The van der Waals surface area contributed by atoms with Gasteiger partial charge in [-0.25, -0.2) is 9.69 Å². The Labute approximate surface area is 229 Å². The summed E-state index contributed by atoms with van der Waals surface area (Å²) in [4.78, 5) is 38.5. The summed E-state index contributed by atoms with van der Waals surface area (Å²) in [5, 5.41) is 5.84. The highest BCUT2D eigenvalue weighted by molar-refractivity contribution is 9.11. The average Bonchev–Trinajstić information content (AvgIpc) is 3.07. The number of urea groups is 1. The van der Waals surface area contributed by atoms with E-state index in [0.29, 0.717) is 31.0 Å². The number of nitrogens with zero attached hydrogens (tertiary/aromatic N) is 1. The molecule has 1 fully saturated rings. The van der Waals surface area contributed by atoms with E-state index in [2.05, 4.69) is 42.5 Å². The van der Waals surface area contributed by atoms with Crippen LogP contribution in [0, 0.1) is 6.92 Å². The zero-order valence-corrected chi connectivity index (χ0v) is 22.9. The van der Waals surface area contributed by atoms with Gasteiger partial charge in [0.05, 0.1) is 8.95 Å². The summed E-state index contributed by atoms with van der Waals surface area (Å²) in [5.41, 5.74) is 3.11. The summed E-state index contributed by atoms with van der Waals surface area (Å²) in [6.45, 7) is 1.77. The Hall–Kier alpha value is -3.14. The van der Waals surface area contributed by atoms with E-state index < -0.39 is 24.4 Å². The number of aryl methyl sites for hydroxylation is 1. The molecular formula is C26H20Br2ClN3O4. The van der Waals surface area contributed by atoms with Crippen molar-refractivity contribution in [1.82, 2.24) is 10.2 Å². The number of carbonyl (C=O) groups is 3. The highest BCUT2D eigenvalue weighted by atomic mass is 79.9. The molecule has 0 aliphatic carbocycles. The van der Waals surface area contributed by atoms with E-state index in [9.17, 15) is 14.4 Å². The van der Waals surface area contributed by atoms with Crippen LogP contribution in [0.3, 0.4) is 0 Å². The lowest BCUT2D eigenvalue weighted by Gasteiger charge is -2.13. The van der Waals surface area contributed by atoms with Gasteiger partial charge < -0.3 is 15.4 Å². The Morgan fingerprint density at radius 1 is 1.08 bits per heavy atom. The van der Waals surface area contributed by atoms with E-state index in [1.165, 1.54) is 6.08 Å². The van der Waals surface area contributed by atoms with Crippen LogP contribution in [0.2, 0.25) is 5.02 Å². The van der Waals surface area contributed by atoms with Crippen molar-refractivity contribution in [3.63, 3.8) is 0 Å². The lowest BCUT2D eigenvalue weighted by molar-refractivity contribution is -0.127. The Morgan fingerprint density at radius 3 is 2.50 bits per heavy atom. The van der Waals surface area contributed by atoms with Crippen molar-refractivity contribution in [3.8, 4) is 5.75 Å². The second-order valence-corrected chi connectivity index (χ2v) is 10.1. The van der Waals surface area contributed by atoms with Crippen LogP contribution in [0.25, 0.3) is 6.08 Å². The second-order valence-electron chi connectivity index (χ2n) is 7.99. The predicted octanol–water partition coefficient (Wildman–Crippen LogP) is 6.28. The van der Waals surface area contributed by atoms with Crippen LogP contribution in [-0.4, -0.2) is 29.3 Å². The van der Waals surface area contributed by atoms with E-state index in [1.807, 2.05) is 37.3 Å². The van der Waals surface area contributed by atoms with Crippen molar-refractivity contribution in [3.05, 3.63) is 97.0 Å².